The molecule has 152 valence electrons. The third-order valence-electron chi connectivity index (χ3n) is 5.00. The molecule has 0 saturated heterocycles. The normalized spacial score (nSPS) is 10.9. The van der Waals surface area contributed by atoms with Crippen LogP contribution >= 0.6 is 0 Å². The van der Waals surface area contributed by atoms with Crippen molar-refractivity contribution in [2.45, 2.75) is 20.8 Å². The molecule has 2 heterocycles. The summed E-state index contributed by atoms with van der Waals surface area (Å²) in [6.45, 7) is 6.01. The summed E-state index contributed by atoms with van der Waals surface area (Å²) in [5.74, 6) is 0.229. The van der Waals surface area contributed by atoms with Crippen molar-refractivity contribution in [3.05, 3.63) is 65.5 Å². The summed E-state index contributed by atoms with van der Waals surface area (Å²) in [5.41, 5.74) is 5.24. The number of carbonyl (C=O) groups excluding carboxylic acids is 1. The van der Waals surface area contributed by atoms with Crippen LogP contribution in [0, 0.1) is 13.8 Å². The first-order valence-corrected chi connectivity index (χ1v) is 9.80. The van der Waals surface area contributed by atoms with Crippen LogP contribution in [-0.4, -0.2) is 29.7 Å². The Morgan fingerprint density at radius 1 is 1.13 bits per heavy atom. The van der Waals surface area contributed by atoms with Crippen LogP contribution in [0.4, 0.5) is 11.4 Å². The zero-order chi connectivity index (χ0) is 21.3. The lowest BCUT2D eigenvalue weighted by atomic mass is 10.0. The Hall–Kier alpha value is -3.67. The van der Waals surface area contributed by atoms with E-state index < -0.39 is 5.97 Å². The van der Waals surface area contributed by atoms with Gasteiger partial charge in [-0.15, -0.1) is 0 Å². The molecule has 0 bridgehead atoms. The van der Waals surface area contributed by atoms with E-state index in [0.29, 0.717) is 17.0 Å². The number of methoxy groups -OCH3 is 1. The van der Waals surface area contributed by atoms with Crippen molar-refractivity contribution in [1.82, 2.24) is 9.97 Å². The van der Waals surface area contributed by atoms with Gasteiger partial charge in [0.15, 0.2) is 0 Å². The molecule has 0 spiro atoms. The van der Waals surface area contributed by atoms with Crippen molar-refractivity contribution in [3.8, 4) is 5.75 Å². The Bertz CT molecular complexity index is 1270. The molecule has 0 amide bonds. The molecule has 0 saturated carbocycles. The number of aryl methyl sites for hydroxylation is 2. The number of pyridine rings is 2. The van der Waals surface area contributed by atoms with E-state index in [1.165, 1.54) is 0 Å². The molecule has 4 rings (SSSR count). The Morgan fingerprint density at radius 3 is 2.70 bits per heavy atom. The Labute approximate surface area is 174 Å². The number of carbonyl (C=O) groups is 1. The highest BCUT2D eigenvalue weighted by molar-refractivity contribution is 6.14. The molecule has 0 unspecified atom stereocenters. The lowest BCUT2D eigenvalue weighted by molar-refractivity contribution is 0.0527. The number of hydrogen-bond donors (Lipinski definition) is 1. The van der Waals surface area contributed by atoms with Crippen LogP contribution in [0.5, 0.6) is 5.75 Å². The fourth-order valence-corrected chi connectivity index (χ4v) is 3.62. The SMILES string of the molecule is CCOC(=O)c1cnc2c(c(C)nc3ccc(C)cc32)c1Nc1ccccc1OC. The van der Waals surface area contributed by atoms with Crippen LogP contribution in [-0.2, 0) is 4.74 Å². The third kappa shape index (κ3) is 3.41. The first-order valence-electron chi connectivity index (χ1n) is 9.80. The first kappa shape index (κ1) is 19.6. The molecule has 6 nitrogen and oxygen atoms in total. The predicted molar refractivity (Wildman–Crippen MR) is 119 cm³/mol. The average Bonchev–Trinajstić information content (AvgIpc) is 2.74. The van der Waals surface area contributed by atoms with E-state index in [9.17, 15) is 4.79 Å². The molecule has 2 aromatic carbocycles. The zero-order valence-corrected chi connectivity index (χ0v) is 17.4. The van der Waals surface area contributed by atoms with E-state index in [-0.39, 0.29) is 6.61 Å². The fourth-order valence-electron chi connectivity index (χ4n) is 3.62. The maximum absolute atomic E-state index is 12.7. The van der Waals surface area contributed by atoms with Crippen LogP contribution in [0.15, 0.2) is 48.7 Å². The summed E-state index contributed by atoms with van der Waals surface area (Å²) in [7, 11) is 1.61. The Morgan fingerprint density at radius 2 is 1.93 bits per heavy atom. The van der Waals surface area contributed by atoms with Crippen molar-refractivity contribution in [1.29, 1.82) is 0 Å². The van der Waals surface area contributed by atoms with Gasteiger partial charge < -0.3 is 14.8 Å². The smallest absolute Gasteiger partial charge is 0.341 e. The second-order valence-corrected chi connectivity index (χ2v) is 7.03. The van der Waals surface area contributed by atoms with E-state index >= 15 is 0 Å². The molecular formula is C24H23N3O3. The highest BCUT2D eigenvalue weighted by atomic mass is 16.5. The maximum Gasteiger partial charge on any atom is 0.341 e. The summed E-state index contributed by atoms with van der Waals surface area (Å²) in [6, 6.07) is 13.6. The summed E-state index contributed by atoms with van der Waals surface area (Å²) in [4.78, 5) is 22.1. The van der Waals surface area contributed by atoms with Gasteiger partial charge in [-0.3, -0.25) is 9.97 Å². The summed E-state index contributed by atoms with van der Waals surface area (Å²) >= 11 is 0. The van der Waals surface area contributed by atoms with Crippen molar-refractivity contribution in [2.75, 3.05) is 19.0 Å². The fraction of sp³-hybridized carbons (Fsp3) is 0.208. The average molecular weight is 401 g/mol. The number of esters is 1. The largest absolute Gasteiger partial charge is 0.495 e. The molecule has 0 fully saturated rings. The number of aromatic nitrogens is 2. The standard InChI is InChI=1S/C24H23N3O3/c1-5-30-24(28)17-13-25-22-16-12-14(2)10-11-18(16)26-15(3)21(22)23(17)27-19-8-6-7-9-20(19)29-4/h6-13H,5H2,1-4H3,(H,25,27). The molecule has 0 atom stereocenters. The molecule has 0 aliphatic heterocycles. The van der Waals surface area contributed by atoms with Gasteiger partial charge in [-0.1, -0.05) is 23.8 Å². The molecule has 30 heavy (non-hydrogen) atoms. The van der Waals surface area contributed by atoms with Crippen molar-refractivity contribution < 1.29 is 14.3 Å². The van der Waals surface area contributed by atoms with E-state index in [1.54, 1.807) is 20.2 Å². The highest BCUT2D eigenvalue weighted by Gasteiger charge is 2.21. The zero-order valence-electron chi connectivity index (χ0n) is 17.4. The molecule has 0 aliphatic rings. The van der Waals surface area contributed by atoms with Crippen LogP contribution in [0.3, 0.4) is 0 Å². The third-order valence-corrected chi connectivity index (χ3v) is 5.00. The van der Waals surface area contributed by atoms with E-state index in [1.807, 2.05) is 50.2 Å². The minimum Gasteiger partial charge on any atom is -0.495 e. The van der Waals surface area contributed by atoms with Gasteiger partial charge in [0.25, 0.3) is 0 Å². The number of nitrogens with one attached hydrogen (secondary N) is 1. The van der Waals surface area contributed by atoms with Crippen LogP contribution in [0.1, 0.15) is 28.5 Å². The summed E-state index contributed by atoms with van der Waals surface area (Å²) in [5, 5.41) is 5.11. The van der Waals surface area contributed by atoms with Gasteiger partial charge in [0.2, 0.25) is 0 Å². The number of nitrogens with zero attached hydrogens (tertiary/aromatic N) is 2. The number of rotatable bonds is 5. The van der Waals surface area contributed by atoms with Gasteiger partial charge in [-0.2, -0.15) is 0 Å². The number of anilines is 2. The molecule has 6 heteroatoms. The topological polar surface area (TPSA) is 73.3 Å². The molecule has 1 N–H and O–H groups in total. The van der Waals surface area contributed by atoms with E-state index in [0.717, 1.165) is 38.8 Å². The maximum atomic E-state index is 12.7. The second kappa shape index (κ2) is 7.99. The van der Waals surface area contributed by atoms with Gasteiger partial charge in [0.05, 0.1) is 36.1 Å². The van der Waals surface area contributed by atoms with Gasteiger partial charge in [0.1, 0.15) is 11.3 Å². The van der Waals surface area contributed by atoms with Crippen LogP contribution < -0.4 is 10.1 Å². The van der Waals surface area contributed by atoms with Crippen LogP contribution in [0.25, 0.3) is 21.8 Å². The minimum atomic E-state index is -0.437. The number of benzene rings is 2. The first-order chi connectivity index (χ1) is 14.5. The number of ether oxygens (including phenoxy) is 2. The lowest BCUT2D eigenvalue weighted by Crippen LogP contribution is -2.10. The van der Waals surface area contributed by atoms with E-state index in [4.69, 9.17) is 14.5 Å². The summed E-state index contributed by atoms with van der Waals surface area (Å²) < 4.78 is 10.8. The van der Waals surface area contributed by atoms with Crippen molar-refractivity contribution in [3.63, 3.8) is 0 Å². The highest BCUT2D eigenvalue weighted by Crippen LogP contribution is 2.37. The minimum absolute atomic E-state index is 0.277. The van der Waals surface area contributed by atoms with Crippen LogP contribution in [0.2, 0.25) is 0 Å². The van der Waals surface area contributed by atoms with Crippen molar-refractivity contribution >= 4 is 39.1 Å². The van der Waals surface area contributed by atoms with Crippen molar-refractivity contribution in [2.24, 2.45) is 0 Å². The van der Waals surface area contributed by atoms with Gasteiger partial charge in [-0.05, 0) is 45.0 Å². The Kier molecular flexibility index (Phi) is 5.23. The molecule has 4 aromatic rings. The van der Waals surface area contributed by atoms with Gasteiger partial charge >= 0.3 is 5.97 Å². The summed E-state index contributed by atoms with van der Waals surface area (Å²) in [6.07, 6.45) is 1.57. The van der Waals surface area contributed by atoms with Gasteiger partial charge in [0, 0.05) is 22.7 Å². The predicted octanol–water partition coefficient (Wildman–Crippen LogP) is 5.33. The van der Waals surface area contributed by atoms with Gasteiger partial charge in [-0.25, -0.2) is 4.79 Å². The molecular weight excluding hydrogens is 378 g/mol. The number of fused-ring (bicyclic) bond motifs is 3. The van der Waals surface area contributed by atoms with E-state index in [2.05, 4.69) is 16.4 Å². The monoisotopic (exact) mass is 401 g/mol. The lowest BCUT2D eigenvalue weighted by Gasteiger charge is -2.18. The molecule has 0 radical (unpaired) electrons. The second-order valence-electron chi connectivity index (χ2n) is 7.03. The number of para-hydroxylation sites is 2. The molecule has 2 aromatic heterocycles. The quantitative estimate of drug-likeness (QED) is 0.360. The molecule has 0 aliphatic carbocycles. The Balaban J connectivity index is 2.04. The number of hydrogen-bond acceptors (Lipinski definition) is 6.